The summed E-state index contributed by atoms with van der Waals surface area (Å²) >= 11 is 3.82. The highest BCUT2D eigenvalue weighted by Crippen LogP contribution is 2.31. The van der Waals surface area contributed by atoms with E-state index in [1.165, 1.54) is 81.2 Å². The van der Waals surface area contributed by atoms with E-state index in [-0.39, 0.29) is 0 Å². The van der Waals surface area contributed by atoms with Gasteiger partial charge in [-0.3, -0.25) is 0 Å². The first-order valence-corrected chi connectivity index (χ1v) is 12.7. The maximum Gasteiger partial charge on any atom is 0.140 e. The van der Waals surface area contributed by atoms with Crippen LogP contribution in [0, 0.1) is 0 Å². The molecule has 0 atom stereocenters. The zero-order valence-corrected chi connectivity index (χ0v) is 22.9. The summed E-state index contributed by atoms with van der Waals surface area (Å²) in [4.78, 5) is 0. The van der Waals surface area contributed by atoms with Gasteiger partial charge in [0.1, 0.15) is 73.9 Å². The molecule has 1 nitrogen and oxygen atoms in total. The van der Waals surface area contributed by atoms with Gasteiger partial charge < -0.3 is 4.42 Å². The first-order chi connectivity index (χ1) is 16.1. The van der Waals surface area contributed by atoms with Crippen LogP contribution in [0.5, 0.6) is 0 Å². The number of hydrogen-bond acceptors (Lipinski definition) is 1. The summed E-state index contributed by atoms with van der Waals surface area (Å²) < 4.78 is 7.44. The summed E-state index contributed by atoms with van der Waals surface area (Å²) in [5, 5.41) is 2.35. The molecule has 156 valence electrons. The standard InChI is InChI=1S/C24H23B8BrO/c25-16-13(8-5-6-10-9-3-1-2-4-11(9)34-12(10)7-8)17(26)19(28)14(18(16)27)15-20(29)22(31)24(33)23(32)21(15)30/h1-7H,25-32H2. The smallest absolute Gasteiger partial charge is 0.140 e. The van der Waals surface area contributed by atoms with Crippen molar-refractivity contribution in [1.82, 2.24) is 0 Å². The van der Waals surface area contributed by atoms with Crippen molar-refractivity contribution in [3.63, 3.8) is 0 Å². The first-order valence-electron chi connectivity index (χ1n) is 11.9. The Labute approximate surface area is 217 Å². The van der Waals surface area contributed by atoms with E-state index < -0.39 is 0 Å². The molecule has 1 aromatic heterocycles. The van der Waals surface area contributed by atoms with Gasteiger partial charge in [-0.05, 0) is 40.5 Å². The fourth-order valence-corrected chi connectivity index (χ4v) is 6.24. The molecule has 0 fully saturated rings. The second kappa shape index (κ2) is 8.41. The van der Waals surface area contributed by atoms with Crippen molar-refractivity contribution in [3.8, 4) is 22.3 Å². The zero-order valence-electron chi connectivity index (χ0n) is 21.3. The third-order valence-electron chi connectivity index (χ3n) is 8.08. The van der Waals surface area contributed by atoms with E-state index >= 15 is 0 Å². The van der Waals surface area contributed by atoms with Gasteiger partial charge in [0.05, 0.1) is 0 Å². The fraction of sp³-hybridized carbons (Fsp3) is 0. The molecule has 34 heavy (non-hydrogen) atoms. The Bertz CT molecular complexity index is 1600. The van der Waals surface area contributed by atoms with Crippen LogP contribution in [0.15, 0.2) is 51.4 Å². The number of rotatable bonds is 2. The summed E-state index contributed by atoms with van der Waals surface area (Å²) in [6, 6.07) is 15.0. The Morgan fingerprint density at radius 2 is 0.971 bits per heavy atom. The molecular formula is C24H23B8BrO. The summed E-state index contributed by atoms with van der Waals surface area (Å²) in [7, 11) is 18.1. The first kappa shape index (κ1) is 23.4. The molecule has 1 heterocycles. The van der Waals surface area contributed by atoms with Gasteiger partial charge in [0.2, 0.25) is 0 Å². The van der Waals surface area contributed by atoms with Gasteiger partial charge in [-0.2, -0.15) is 0 Å². The van der Waals surface area contributed by atoms with Crippen molar-refractivity contribution in [2.45, 2.75) is 0 Å². The predicted molar refractivity (Wildman–Crippen MR) is 178 cm³/mol. The van der Waals surface area contributed by atoms with Crippen molar-refractivity contribution in [3.05, 3.63) is 46.9 Å². The molecule has 0 bridgehead atoms. The highest BCUT2D eigenvalue weighted by Gasteiger charge is 2.21. The van der Waals surface area contributed by atoms with Gasteiger partial charge in [0.15, 0.2) is 0 Å². The molecule has 0 aliphatic carbocycles. The highest BCUT2D eigenvalue weighted by molar-refractivity contribution is 9.10. The molecule has 0 aliphatic heterocycles. The number of benzene rings is 4. The van der Waals surface area contributed by atoms with Crippen molar-refractivity contribution in [1.29, 1.82) is 0 Å². The molecule has 0 amide bonds. The second-order valence-electron chi connectivity index (χ2n) is 9.75. The van der Waals surface area contributed by atoms with Crippen LogP contribution in [0.3, 0.4) is 0 Å². The number of halogens is 1. The van der Waals surface area contributed by atoms with Gasteiger partial charge >= 0.3 is 0 Å². The summed E-state index contributed by atoms with van der Waals surface area (Å²) in [6.45, 7) is 0. The highest BCUT2D eigenvalue weighted by atomic mass is 79.9. The average molecular weight is 494 g/mol. The summed E-state index contributed by atoms with van der Waals surface area (Å²) in [5.74, 6) is 0. The molecule has 0 unspecified atom stereocenters. The molecular weight excluding hydrogens is 471 g/mol. The lowest BCUT2D eigenvalue weighted by molar-refractivity contribution is 0.669. The lowest BCUT2D eigenvalue weighted by Crippen LogP contribution is -2.50. The summed E-state index contributed by atoms with van der Waals surface area (Å²) in [6.07, 6.45) is 0. The topological polar surface area (TPSA) is 13.1 Å². The molecule has 0 aliphatic rings. The van der Waals surface area contributed by atoms with Gasteiger partial charge in [-0.25, -0.2) is 0 Å². The van der Waals surface area contributed by atoms with Crippen LogP contribution in [0.4, 0.5) is 0 Å². The van der Waals surface area contributed by atoms with Crippen LogP contribution in [0.1, 0.15) is 0 Å². The number of hydrogen-bond donors (Lipinski definition) is 0. The minimum absolute atomic E-state index is 0.942. The molecule has 0 radical (unpaired) electrons. The molecule has 0 spiro atoms. The predicted octanol–water partition coefficient (Wildman–Crippen LogP) is -6.25. The van der Waals surface area contributed by atoms with Crippen molar-refractivity contribution < 1.29 is 4.42 Å². The van der Waals surface area contributed by atoms with E-state index in [1.54, 1.807) is 0 Å². The van der Waals surface area contributed by atoms with Gasteiger partial charge in [-0.1, -0.05) is 83.9 Å². The van der Waals surface area contributed by atoms with E-state index in [9.17, 15) is 0 Å². The number of para-hydroxylation sites is 1. The van der Waals surface area contributed by atoms with Crippen LogP contribution in [-0.2, 0) is 0 Å². The van der Waals surface area contributed by atoms with E-state index in [0.29, 0.717) is 0 Å². The van der Waals surface area contributed by atoms with Crippen LogP contribution in [0.2, 0.25) is 0 Å². The Morgan fingerprint density at radius 3 is 1.56 bits per heavy atom. The van der Waals surface area contributed by atoms with E-state index in [4.69, 9.17) is 4.42 Å². The SMILES string of the molecule is Bc1c(B)c(-c2c(B)c(B)c(-c3ccc4c(c3)oc3ccccc34)c(B)c2B)c(B)c(B)c1Br. The number of furan rings is 1. The van der Waals surface area contributed by atoms with Crippen LogP contribution in [0.25, 0.3) is 44.2 Å². The van der Waals surface area contributed by atoms with Crippen LogP contribution < -0.4 is 43.7 Å². The van der Waals surface area contributed by atoms with Crippen molar-refractivity contribution in [2.24, 2.45) is 0 Å². The maximum atomic E-state index is 6.21. The van der Waals surface area contributed by atoms with Crippen molar-refractivity contribution in [2.75, 3.05) is 0 Å². The monoisotopic (exact) mass is 494 g/mol. The fourth-order valence-electron chi connectivity index (χ4n) is 5.64. The van der Waals surface area contributed by atoms with Crippen LogP contribution in [-0.4, -0.2) is 62.8 Å². The molecule has 4 aromatic carbocycles. The lowest BCUT2D eigenvalue weighted by Gasteiger charge is -2.27. The zero-order chi connectivity index (χ0) is 24.5. The Hall–Kier alpha value is -2.32. The van der Waals surface area contributed by atoms with E-state index in [2.05, 4.69) is 109 Å². The van der Waals surface area contributed by atoms with Gasteiger partial charge in [-0.15, -0.1) is 0 Å². The maximum absolute atomic E-state index is 6.21. The van der Waals surface area contributed by atoms with E-state index in [0.717, 1.165) is 11.2 Å². The third-order valence-corrected chi connectivity index (χ3v) is 9.27. The Morgan fingerprint density at radius 1 is 0.500 bits per heavy atom. The van der Waals surface area contributed by atoms with Crippen LogP contribution >= 0.6 is 15.9 Å². The minimum atomic E-state index is 0.942. The third kappa shape index (κ3) is 3.33. The van der Waals surface area contributed by atoms with E-state index in [1.807, 2.05) is 12.1 Å². The minimum Gasteiger partial charge on any atom is -0.456 e. The summed E-state index contributed by atoms with van der Waals surface area (Å²) in [5.41, 5.74) is 18.0. The molecule has 0 saturated heterocycles. The van der Waals surface area contributed by atoms with Gasteiger partial charge in [0, 0.05) is 15.2 Å². The molecule has 10 heteroatoms. The van der Waals surface area contributed by atoms with Gasteiger partial charge in [0.25, 0.3) is 0 Å². The molecule has 0 saturated carbocycles. The Kier molecular flexibility index (Phi) is 5.80. The number of fused-ring (bicyclic) bond motifs is 3. The Balaban J connectivity index is 1.78. The normalized spacial score (nSPS) is 11.4. The lowest BCUT2D eigenvalue weighted by atomic mass is 9.58. The largest absolute Gasteiger partial charge is 0.456 e. The second-order valence-corrected chi connectivity index (χ2v) is 10.5. The molecule has 5 rings (SSSR count). The van der Waals surface area contributed by atoms with Crippen molar-refractivity contribution >= 4 is 144 Å². The molecule has 5 aromatic rings. The molecule has 0 N–H and O–H groups in total. The quantitative estimate of drug-likeness (QED) is 0.223. The average Bonchev–Trinajstić information content (AvgIpc) is 3.20.